The van der Waals surface area contributed by atoms with Crippen LogP contribution in [-0.2, 0) is 4.79 Å². The number of hydrogen-bond acceptors (Lipinski definition) is 3. The number of carbonyl (C=O) groups excluding carboxylic acids is 1. The number of hydrogen-bond donors (Lipinski definition) is 1. The summed E-state index contributed by atoms with van der Waals surface area (Å²) in [5.74, 6) is 0.164. The van der Waals surface area contributed by atoms with Crippen LogP contribution in [0.5, 0.6) is 0 Å². The molecule has 0 aromatic heterocycles. The zero-order valence-electron chi connectivity index (χ0n) is 15.7. The highest BCUT2D eigenvalue weighted by Crippen LogP contribution is 2.23. The average molecular weight is 410 g/mol. The molecule has 27 heavy (non-hydrogen) atoms. The van der Waals surface area contributed by atoms with E-state index in [-0.39, 0.29) is 36.8 Å². The molecule has 1 unspecified atom stereocenters. The van der Waals surface area contributed by atoms with E-state index in [0.29, 0.717) is 12.5 Å². The van der Waals surface area contributed by atoms with Gasteiger partial charge in [0, 0.05) is 44.3 Å². The second-order valence-corrected chi connectivity index (χ2v) is 6.78. The lowest BCUT2D eigenvalue weighted by Crippen LogP contribution is -2.46. The fourth-order valence-electron chi connectivity index (χ4n) is 3.51. The minimum atomic E-state index is -0.224. The third-order valence-corrected chi connectivity index (χ3v) is 5.15. The van der Waals surface area contributed by atoms with Crippen molar-refractivity contribution >= 4 is 36.4 Å². The molecule has 1 atom stereocenters. The number of rotatable bonds is 5. The third-order valence-electron chi connectivity index (χ3n) is 5.15. The first kappa shape index (κ1) is 23.3. The second-order valence-electron chi connectivity index (χ2n) is 6.78. The lowest BCUT2D eigenvalue weighted by Gasteiger charge is -2.38. The van der Waals surface area contributed by atoms with Crippen LogP contribution in [0.15, 0.2) is 60.7 Å². The summed E-state index contributed by atoms with van der Waals surface area (Å²) >= 11 is 0. The summed E-state index contributed by atoms with van der Waals surface area (Å²) in [5, 5.41) is 0. The molecule has 0 radical (unpaired) electrons. The molecular formula is C21H29Cl2N3O. The Labute approximate surface area is 174 Å². The highest BCUT2D eigenvalue weighted by atomic mass is 35.5. The number of nitrogens with zero attached hydrogens (tertiary/aromatic N) is 2. The summed E-state index contributed by atoms with van der Waals surface area (Å²) in [6.45, 7) is 1.62. The number of benzene rings is 2. The molecule has 1 saturated heterocycles. The summed E-state index contributed by atoms with van der Waals surface area (Å²) in [6.07, 6.45) is 2.37. The molecule has 2 aromatic carbocycles. The number of piperidine rings is 1. The molecule has 0 saturated carbocycles. The van der Waals surface area contributed by atoms with E-state index in [2.05, 4.69) is 36.2 Å². The average Bonchev–Trinajstić information content (AvgIpc) is 2.69. The molecule has 6 heteroatoms. The van der Waals surface area contributed by atoms with Crippen molar-refractivity contribution in [3.63, 3.8) is 0 Å². The van der Waals surface area contributed by atoms with Crippen molar-refractivity contribution in [3.05, 3.63) is 66.2 Å². The van der Waals surface area contributed by atoms with E-state index in [1.807, 2.05) is 41.3 Å². The lowest BCUT2D eigenvalue weighted by atomic mass is 10.0. The summed E-state index contributed by atoms with van der Waals surface area (Å²) in [7, 11) is 2.14. The topological polar surface area (TPSA) is 49.6 Å². The minimum absolute atomic E-state index is 0. The Morgan fingerprint density at radius 2 is 1.56 bits per heavy atom. The van der Waals surface area contributed by atoms with Crippen molar-refractivity contribution in [3.8, 4) is 0 Å². The maximum atomic E-state index is 12.6. The van der Waals surface area contributed by atoms with E-state index in [1.165, 1.54) is 5.69 Å². The van der Waals surface area contributed by atoms with E-state index < -0.39 is 0 Å². The van der Waals surface area contributed by atoms with E-state index >= 15 is 0 Å². The summed E-state index contributed by atoms with van der Waals surface area (Å²) in [6, 6.07) is 20.6. The van der Waals surface area contributed by atoms with Crippen LogP contribution in [-0.4, -0.2) is 37.0 Å². The summed E-state index contributed by atoms with van der Waals surface area (Å²) in [4.78, 5) is 16.9. The molecule has 1 amide bonds. The lowest BCUT2D eigenvalue weighted by molar-refractivity contribution is -0.132. The Bertz CT molecular complexity index is 676. The van der Waals surface area contributed by atoms with Gasteiger partial charge in [-0.15, -0.1) is 24.8 Å². The first-order chi connectivity index (χ1) is 12.1. The van der Waals surface area contributed by atoms with Crippen LogP contribution in [0.25, 0.3) is 0 Å². The van der Waals surface area contributed by atoms with Gasteiger partial charge < -0.3 is 15.5 Å². The molecule has 2 N–H and O–H groups in total. The number of anilines is 1. The highest BCUT2D eigenvalue weighted by Gasteiger charge is 2.26. The molecule has 1 aliphatic heterocycles. The third kappa shape index (κ3) is 6.13. The van der Waals surface area contributed by atoms with Gasteiger partial charge in [0.25, 0.3) is 0 Å². The summed E-state index contributed by atoms with van der Waals surface area (Å²) < 4.78 is 0. The van der Waals surface area contributed by atoms with Crippen molar-refractivity contribution in [2.75, 3.05) is 25.0 Å². The molecule has 3 rings (SSSR count). The maximum absolute atomic E-state index is 12.6. The van der Waals surface area contributed by atoms with Gasteiger partial charge in [-0.3, -0.25) is 4.79 Å². The van der Waals surface area contributed by atoms with Crippen molar-refractivity contribution in [2.45, 2.75) is 31.3 Å². The molecule has 148 valence electrons. The van der Waals surface area contributed by atoms with Crippen molar-refractivity contribution in [1.29, 1.82) is 0 Å². The van der Waals surface area contributed by atoms with Gasteiger partial charge in [-0.2, -0.15) is 0 Å². The molecular weight excluding hydrogens is 381 g/mol. The molecule has 4 nitrogen and oxygen atoms in total. The highest BCUT2D eigenvalue weighted by molar-refractivity contribution is 5.85. The van der Waals surface area contributed by atoms with E-state index in [4.69, 9.17) is 5.73 Å². The Hall–Kier alpha value is -1.75. The fourth-order valence-corrected chi connectivity index (χ4v) is 3.51. The molecule has 1 aliphatic rings. The van der Waals surface area contributed by atoms with Gasteiger partial charge in [-0.25, -0.2) is 0 Å². The van der Waals surface area contributed by atoms with Crippen LogP contribution < -0.4 is 10.6 Å². The zero-order valence-corrected chi connectivity index (χ0v) is 17.3. The van der Waals surface area contributed by atoms with E-state index in [0.717, 1.165) is 31.5 Å². The van der Waals surface area contributed by atoms with Crippen LogP contribution in [0.1, 0.15) is 30.9 Å². The number of likely N-dealkylation sites (tertiary alicyclic amines) is 1. The van der Waals surface area contributed by atoms with Gasteiger partial charge >= 0.3 is 0 Å². The SMILES string of the molecule is CN(c1ccccc1)C1CCN(C(=O)CC(N)c2ccccc2)CC1.Cl.Cl. The number of amides is 1. The molecule has 0 aliphatic carbocycles. The first-order valence-corrected chi connectivity index (χ1v) is 9.01. The van der Waals surface area contributed by atoms with Gasteiger partial charge in [-0.05, 0) is 30.5 Å². The predicted octanol–water partition coefficient (Wildman–Crippen LogP) is 4.05. The fraction of sp³-hybridized carbons (Fsp3) is 0.381. The van der Waals surface area contributed by atoms with Crippen molar-refractivity contribution in [1.82, 2.24) is 4.90 Å². The molecule has 0 bridgehead atoms. The van der Waals surface area contributed by atoms with Gasteiger partial charge in [0.05, 0.1) is 0 Å². The molecule has 1 heterocycles. The number of nitrogens with two attached hydrogens (primary N) is 1. The van der Waals surface area contributed by atoms with Gasteiger partial charge in [0.1, 0.15) is 0 Å². The van der Waals surface area contributed by atoms with E-state index in [9.17, 15) is 4.79 Å². The van der Waals surface area contributed by atoms with E-state index in [1.54, 1.807) is 0 Å². The summed E-state index contributed by atoms with van der Waals surface area (Å²) in [5.41, 5.74) is 8.46. The normalized spacial score (nSPS) is 15.3. The number of carbonyl (C=O) groups is 1. The number of halogens is 2. The smallest absolute Gasteiger partial charge is 0.224 e. The van der Waals surface area contributed by atoms with Crippen LogP contribution in [0.2, 0.25) is 0 Å². The first-order valence-electron chi connectivity index (χ1n) is 9.01. The number of para-hydroxylation sites is 1. The van der Waals surface area contributed by atoms with Gasteiger partial charge in [0.2, 0.25) is 5.91 Å². The zero-order chi connectivity index (χ0) is 17.6. The monoisotopic (exact) mass is 409 g/mol. The van der Waals surface area contributed by atoms with Crippen molar-refractivity contribution < 1.29 is 4.79 Å². The molecule has 1 fully saturated rings. The van der Waals surface area contributed by atoms with Gasteiger partial charge in [0.15, 0.2) is 0 Å². The largest absolute Gasteiger partial charge is 0.371 e. The van der Waals surface area contributed by atoms with Crippen LogP contribution in [0.3, 0.4) is 0 Å². The maximum Gasteiger partial charge on any atom is 0.224 e. The van der Waals surface area contributed by atoms with Gasteiger partial charge in [-0.1, -0.05) is 48.5 Å². The molecule has 2 aromatic rings. The second kappa shape index (κ2) is 11.2. The van der Waals surface area contributed by atoms with Crippen LogP contribution in [0.4, 0.5) is 5.69 Å². The molecule has 0 spiro atoms. The Morgan fingerprint density at radius 3 is 2.11 bits per heavy atom. The van der Waals surface area contributed by atoms with Crippen molar-refractivity contribution in [2.24, 2.45) is 5.73 Å². The van der Waals surface area contributed by atoms with Crippen LogP contribution >= 0.6 is 24.8 Å². The minimum Gasteiger partial charge on any atom is -0.371 e. The Balaban J connectivity index is 0.00000182. The standard InChI is InChI=1S/C21H27N3O.2ClH/c1-23(18-10-6-3-7-11-18)19-12-14-24(15-13-19)21(25)16-20(22)17-8-4-2-5-9-17;;/h2-11,19-20H,12-16,22H2,1H3;2*1H. The van der Waals surface area contributed by atoms with Crippen LogP contribution in [0, 0.1) is 0 Å². The quantitative estimate of drug-likeness (QED) is 0.809. The Kier molecular flexibility index (Phi) is 9.64. The Morgan fingerprint density at radius 1 is 1.04 bits per heavy atom. The predicted molar refractivity (Wildman–Crippen MR) is 117 cm³/mol.